The van der Waals surface area contributed by atoms with Crippen molar-refractivity contribution < 1.29 is 9.72 Å². The number of rotatable bonds is 6. The Balaban J connectivity index is 1.61. The fourth-order valence-electron chi connectivity index (χ4n) is 3.37. The van der Waals surface area contributed by atoms with Crippen LogP contribution in [0.15, 0.2) is 78.9 Å². The van der Waals surface area contributed by atoms with E-state index in [4.69, 9.17) is 0 Å². The summed E-state index contributed by atoms with van der Waals surface area (Å²) < 4.78 is 1.41. The van der Waals surface area contributed by atoms with Crippen LogP contribution in [0.5, 0.6) is 0 Å². The van der Waals surface area contributed by atoms with Crippen LogP contribution in [0.25, 0.3) is 5.69 Å². The molecule has 0 aliphatic heterocycles. The van der Waals surface area contributed by atoms with E-state index in [1.807, 2.05) is 66.5 Å². The van der Waals surface area contributed by atoms with Crippen LogP contribution in [0, 0.1) is 17.0 Å². The summed E-state index contributed by atoms with van der Waals surface area (Å²) >= 11 is 0. The van der Waals surface area contributed by atoms with Gasteiger partial charge < -0.3 is 10.2 Å². The molecule has 1 heterocycles. The van der Waals surface area contributed by atoms with Crippen molar-refractivity contribution >= 4 is 28.7 Å². The third-order valence-corrected chi connectivity index (χ3v) is 5.05. The van der Waals surface area contributed by atoms with Crippen molar-refractivity contribution in [2.75, 3.05) is 17.3 Å². The number of hydrogen-bond acceptors (Lipinski definition) is 6. The lowest BCUT2D eigenvalue weighted by atomic mass is 10.2. The topological polar surface area (TPSA) is 106 Å². The maximum absolute atomic E-state index is 13.0. The van der Waals surface area contributed by atoms with Gasteiger partial charge >= 0.3 is 0 Å². The number of nitro benzene ring substituents is 1. The van der Waals surface area contributed by atoms with Crippen LogP contribution in [0.4, 0.5) is 22.7 Å². The molecule has 3 aromatic carbocycles. The molecule has 0 saturated carbocycles. The molecule has 9 nitrogen and oxygen atoms in total. The molecular weight excluding hydrogens is 408 g/mol. The van der Waals surface area contributed by atoms with Crippen molar-refractivity contribution in [1.29, 1.82) is 0 Å². The molecule has 160 valence electrons. The number of hydrogen-bond donors (Lipinski definition) is 1. The number of nitrogens with zero attached hydrogens (tertiary/aromatic N) is 5. The molecule has 1 aromatic heterocycles. The quantitative estimate of drug-likeness (QED) is 0.358. The van der Waals surface area contributed by atoms with E-state index in [9.17, 15) is 14.9 Å². The van der Waals surface area contributed by atoms with E-state index in [1.54, 1.807) is 19.1 Å². The van der Waals surface area contributed by atoms with E-state index in [1.165, 1.54) is 16.8 Å². The monoisotopic (exact) mass is 428 g/mol. The summed E-state index contributed by atoms with van der Waals surface area (Å²) in [4.78, 5) is 25.6. The standard InChI is InChI=1S/C23H20N6O3/c1-16-22(25-26-28(16)18-11-8-12-19(15-18)29(31)32)23(30)24-20-13-6-7-14-21(20)27(2)17-9-4-3-5-10-17/h3-15H,1-2H3,(H,24,30). The van der Waals surface area contributed by atoms with Gasteiger partial charge in [-0.05, 0) is 37.3 Å². The van der Waals surface area contributed by atoms with Crippen LogP contribution in [-0.2, 0) is 0 Å². The average molecular weight is 428 g/mol. The van der Waals surface area contributed by atoms with Gasteiger partial charge in [-0.1, -0.05) is 41.6 Å². The minimum atomic E-state index is -0.483. The van der Waals surface area contributed by atoms with Gasteiger partial charge in [0.1, 0.15) is 0 Å². The fraction of sp³-hybridized carbons (Fsp3) is 0.0870. The number of nitrogens with one attached hydrogen (secondary N) is 1. The average Bonchev–Trinajstić information content (AvgIpc) is 3.21. The van der Waals surface area contributed by atoms with Crippen molar-refractivity contribution in [2.45, 2.75) is 6.92 Å². The summed E-state index contributed by atoms with van der Waals surface area (Å²) in [5, 5.41) is 22.0. The lowest BCUT2D eigenvalue weighted by Crippen LogP contribution is -2.18. The van der Waals surface area contributed by atoms with E-state index < -0.39 is 10.8 Å². The second-order valence-corrected chi connectivity index (χ2v) is 7.08. The van der Waals surface area contributed by atoms with E-state index in [0.29, 0.717) is 17.1 Å². The molecule has 1 amide bonds. The summed E-state index contributed by atoms with van der Waals surface area (Å²) in [5.74, 6) is -0.423. The van der Waals surface area contributed by atoms with Crippen molar-refractivity contribution in [3.63, 3.8) is 0 Å². The van der Waals surface area contributed by atoms with E-state index in [-0.39, 0.29) is 11.4 Å². The number of para-hydroxylation sites is 3. The fourth-order valence-corrected chi connectivity index (χ4v) is 3.37. The molecule has 0 saturated heterocycles. The van der Waals surface area contributed by atoms with Crippen LogP contribution in [-0.4, -0.2) is 32.9 Å². The molecule has 0 radical (unpaired) electrons. The van der Waals surface area contributed by atoms with Crippen LogP contribution in [0.2, 0.25) is 0 Å². The number of non-ortho nitro benzene ring substituents is 1. The number of aromatic nitrogens is 3. The van der Waals surface area contributed by atoms with E-state index >= 15 is 0 Å². The summed E-state index contributed by atoms with van der Waals surface area (Å²) in [6.07, 6.45) is 0. The molecule has 4 rings (SSSR count). The molecule has 9 heteroatoms. The molecule has 0 atom stereocenters. The summed E-state index contributed by atoms with van der Waals surface area (Å²) in [6, 6.07) is 23.3. The van der Waals surface area contributed by atoms with E-state index in [0.717, 1.165) is 11.4 Å². The molecule has 32 heavy (non-hydrogen) atoms. The summed E-state index contributed by atoms with van der Waals surface area (Å²) in [6.45, 7) is 1.69. The third-order valence-electron chi connectivity index (χ3n) is 5.05. The Bertz CT molecular complexity index is 1290. The van der Waals surface area contributed by atoms with Gasteiger partial charge in [-0.25, -0.2) is 4.68 Å². The molecule has 0 bridgehead atoms. The molecule has 1 N–H and O–H groups in total. The van der Waals surface area contributed by atoms with Gasteiger partial charge in [-0.15, -0.1) is 5.10 Å². The Morgan fingerprint density at radius 3 is 2.50 bits per heavy atom. The van der Waals surface area contributed by atoms with Gasteiger partial charge in [0.2, 0.25) is 0 Å². The number of carbonyl (C=O) groups is 1. The summed E-state index contributed by atoms with van der Waals surface area (Å²) in [5.41, 5.74) is 3.39. The lowest BCUT2D eigenvalue weighted by molar-refractivity contribution is -0.384. The molecule has 0 fully saturated rings. The maximum atomic E-state index is 13.0. The number of carbonyl (C=O) groups excluding carboxylic acids is 1. The highest BCUT2D eigenvalue weighted by atomic mass is 16.6. The van der Waals surface area contributed by atoms with Crippen LogP contribution < -0.4 is 10.2 Å². The Morgan fingerprint density at radius 2 is 1.75 bits per heavy atom. The van der Waals surface area contributed by atoms with Crippen molar-refractivity contribution in [3.05, 3.63) is 100 Å². The zero-order valence-corrected chi connectivity index (χ0v) is 17.5. The molecular formula is C23H20N6O3. The Morgan fingerprint density at radius 1 is 1.03 bits per heavy atom. The highest BCUT2D eigenvalue weighted by molar-refractivity contribution is 6.05. The minimum absolute atomic E-state index is 0.0683. The highest BCUT2D eigenvalue weighted by Gasteiger charge is 2.20. The van der Waals surface area contributed by atoms with Gasteiger partial charge in [-0.2, -0.15) is 0 Å². The molecule has 0 aliphatic rings. The van der Waals surface area contributed by atoms with Gasteiger partial charge in [0.05, 0.1) is 27.7 Å². The molecule has 0 spiro atoms. The van der Waals surface area contributed by atoms with Gasteiger partial charge in [0.15, 0.2) is 5.69 Å². The first-order valence-electron chi connectivity index (χ1n) is 9.82. The normalized spacial score (nSPS) is 10.6. The molecule has 0 aliphatic carbocycles. The second-order valence-electron chi connectivity index (χ2n) is 7.08. The Hall–Kier alpha value is -4.53. The second kappa shape index (κ2) is 8.68. The van der Waals surface area contributed by atoms with Crippen LogP contribution in [0.3, 0.4) is 0 Å². The number of amides is 1. The van der Waals surface area contributed by atoms with Crippen molar-refractivity contribution in [3.8, 4) is 5.69 Å². The first-order chi connectivity index (χ1) is 15.5. The molecule has 0 unspecified atom stereocenters. The SMILES string of the molecule is Cc1c(C(=O)Nc2ccccc2N(C)c2ccccc2)nnn1-c1cccc([N+](=O)[O-])c1. The lowest BCUT2D eigenvalue weighted by Gasteiger charge is -2.22. The van der Waals surface area contributed by atoms with Gasteiger partial charge in [-0.3, -0.25) is 14.9 Å². The Kier molecular flexibility index (Phi) is 5.63. The number of anilines is 3. The first kappa shape index (κ1) is 20.7. The van der Waals surface area contributed by atoms with Gasteiger partial charge in [0.25, 0.3) is 11.6 Å². The zero-order valence-electron chi connectivity index (χ0n) is 17.5. The van der Waals surface area contributed by atoms with Crippen LogP contribution in [0.1, 0.15) is 16.2 Å². The minimum Gasteiger partial charge on any atom is -0.343 e. The summed E-state index contributed by atoms with van der Waals surface area (Å²) in [7, 11) is 1.92. The van der Waals surface area contributed by atoms with Gasteiger partial charge in [0, 0.05) is 24.9 Å². The smallest absolute Gasteiger partial charge is 0.278 e. The van der Waals surface area contributed by atoms with Crippen molar-refractivity contribution in [1.82, 2.24) is 15.0 Å². The number of benzene rings is 3. The van der Waals surface area contributed by atoms with E-state index in [2.05, 4.69) is 15.6 Å². The highest BCUT2D eigenvalue weighted by Crippen LogP contribution is 2.31. The predicted octanol–water partition coefficient (Wildman–Crippen LogP) is 4.50. The zero-order chi connectivity index (χ0) is 22.7. The predicted molar refractivity (Wildman–Crippen MR) is 122 cm³/mol. The maximum Gasteiger partial charge on any atom is 0.278 e. The molecule has 4 aromatic rings. The largest absolute Gasteiger partial charge is 0.343 e. The Labute approximate surface area is 184 Å². The third kappa shape index (κ3) is 4.04. The van der Waals surface area contributed by atoms with Crippen LogP contribution >= 0.6 is 0 Å². The van der Waals surface area contributed by atoms with Crippen molar-refractivity contribution in [2.24, 2.45) is 0 Å². The first-order valence-corrected chi connectivity index (χ1v) is 9.82. The number of nitro groups is 1.